The van der Waals surface area contributed by atoms with Gasteiger partial charge in [-0.1, -0.05) is 29.8 Å². The lowest BCUT2D eigenvalue weighted by Crippen LogP contribution is -2.10. The molecule has 4 nitrogen and oxygen atoms in total. The summed E-state index contributed by atoms with van der Waals surface area (Å²) in [6.07, 6.45) is 0. The monoisotopic (exact) mass is 369 g/mol. The lowest BCUT2D eigenvalue weighted by Gasteiger charge is -2.21. The Morgan fingerprint density at radius 2 is 1.44 bits per heavy atom. The van der Waals surface area contributed by atoms with Gasteiger partial charge in [-0.25, -0.2) is 12.6 Å². The summed E-state index contributed by atoms with van der Waals surface area (Å²) >= 11 is 0. The Hall–Kier alpha value is -2.44. The molecule has 3 aromatic carbocycles. The Morgan fingerprint density at radius 1 is 0.800 bits per heavy atom. The summed E-state index contributed by atoms with van der Waals surface area (Å²) in [5.74, 6) is 0. The molecule has 1 aliphatic rings. The number of hydrogen-bond acceptors (Lipinski definition) is 4. The first kappa shape index (κ1) is 16.1. The van der Waals surface area contributed by atoms with Crippen LogP contribution < -0.4 is 5.32 Å². The van der Waals surface area contributed by atoms with E-state index in [2.05, 4.69) is 5.32 Å². The first-order valence-corrected chi connectivity index (χ1v) is 10.3. The standard InChI is InChI=1S/C19H15NO3S2/c1-13-6-8-14(9-7-13)25(22,23)15-10-11-17-19(12-15)24(21)18-5-3-2-4-16(18)20-17/h2-12,20H,1H3. The first-order valence-electron chi connectivity index (χ1n) is 7.70. The van der Waals surface area contributed by atoms with Crippen molar-refractivity contribution in [3.63, 3.8) is 0 Å². The fourth-order valence-corrected chi connectivity index (χ4v) is 5.45. The van der Waals surface area contributed by atoms with Gasteiger partial charge >= 0.3 is 0 Å². The molecule has 6 heteroatoms. The Morgan fingerprint density at radius 3 is 2.20 bits per heavy atom. The molecule has 25 heavy (non-hydrogen) atoms. The highest BCUT2D eigenvalue weighted by Gasteiger charge is 2.25. The summed E-state index contributed by atoms with van der Waals surface area (Å²) in [6.45, 7) is 1.90. The van der Waals surface area contributed by atoms with E-state index in [4.69, 9.17) is 0 Å². The minimum atomic E-state index is -3.65. The second kappa shape index (κ2) is 5.82. The second-order valence-corrected chi connectivity index (χ2v) is 9.23. The largest absolute Gasteiger partial charge is 0.354 e. The van der Waals surface area contributed by atoms with Gasteiger partial charge in [-0.15, -0.1) is 0 Å². The van der Waals surface area contributed by atoms with Crippen molar-refractivity contribution in [2.45, 2.75) is 26.5 Å². The van der Waals surface area contributed by atoms with Crippen LogP contribution >= 0.6 is 0 Å². The summed E-state index contributed by atoms with van der Waals surface area (Å²) < 4.78 is 38.6. The lowest BCUT2D eigenvalue weighted by atomic mass is 10.2. The summed E-state index contributed by atoms with van der Waals surface area (Å²) in [5.41, 5.74) is 2.44. The zero-order valence-electron chi connectivity index (χ0n) is 13.4. The van der Waals surface area contributed by atoms with Gasteiger partial charge in [-0.2, -0.15) is 0 Å². The van der Waals surface area contributed by atoms with E-state index in [1.54, 1.807) is 42.5 Å². The van der Waals surface area contributed by atoms with E-state index in [-0.39, 0.29) is 9.79 Å². The van der Waals surface area contributed by atoms with E-state index < -0.39 is 20.6 Å². The third kappa shape index (κ3) is 2.67. The summed E-state index contributed by atoms with van der Waals surface area (Å²) in [7, 11) is -5.07. The topological polar surface area (TPSA) is 63.2 Å². The maximum absolute atomic E-state index is 12.9. The van der Waals surface area contributed by atoms with Gasteiger partial charge in [0, 0.05) is 0 Å². The van der Waals surface area contributed by atoms with Crippen molar-refractivity contribution in [1.82, 2.24) is 0 Å². The predicted molar refractivity (Wildman–Crippen MR) is 97.5 cm³/mol. The van der Waals surface area contributed by atoms with Crippen LogP contribution in [0.5, 0.6) is 0 Å². The summed E-state index contributed by atoms with van der Waals surface area (Å²) in [5, 5.41) is 3.21. The molecule has 0 amide bonds. The van der Waals surface area contributed by atoms with Crippen LogP contribution in [-0.2, 0) is 20.6 Å². The highest BCUT2D eigenvalue weighted by Crippen LogP contribution is 2.38. The van der Waals surface area contributed by atoms with Crippen LogP contribution in [0.25, 0.3) is 0 Å². The van der Waals surface area contributed by atoms with Crippen molar-refractivity contribution in [3.05, 3.63) is 72.3 Å². The Balaban J connectivity index is 1.82. The van der Waals surface area contributed by atoms with Crippen LogP contribution in [0.4, 0.5) is 11.4 Å². The van der Waals surface area contributed by atoms with E-state index in [1.807, 2.05) is 25.1 Å². The Bertz CT molecular complexity index is 1100. The molecule has 0 bridgehead atoms. The van der Waals surface area contributed by atoms with Crippen molar-refractivity contribution in [1.29, 1.82) is 0 Å². The van der Waals surface area contributed by atoms with E-state index in [1.165, 1.54) is 6.07 Å². The van der Waals surface area contributed by atoms with Gasteiger partial charge in [0.2, 0.25) is 9.84 Å². The fraction of sp³-hybridized carbons (Fsp3) is 0.0526. The van der Waals surface area contributed by atoms with Gasteiger partial charge in [-0.3, -0.25) is 0 Å². The van der Waals surface area contributed by atoms with Gasteiger partial charge in [0.15, 0.2) is 0 Å². The predicted octanol–water partition coefficient (Wildman–Crippen LogP) is 4.05. The van der Waals surface area contributed by atoms with E-state index in [0.717, 1.165) is 11.3 Å². The van der Waals surface area contributed by atoms with Crippen molar-refractivity contribution in [3.8, 4) is 0 Å². The Labute approximate surface area is 148 Å². The molecule has 1 heterocycles. The molecule has 4 rings (SSSR count). The number of rotatable bonds is 2. The highest BCUT2D eigenvalue weighted by molar-refractivity contribution is 7.91. The number of anilines is 2. The number of hydrogen-bond donors (Lipinski definition) is 1. The van der Waals surface area contributed by atoms with Crippen molar-refractivity contribution >= 4 is 32.0 Å². The second-order valence-electron chi connectivity index (χ2n) is 5.86. The molecule has 0 aromatic heterocycles. The first-order chi connectivity index (χ1) is 12.0. The van der Waals surface area contributed by atoms with E-state index >= 15 is 0 Å². The molecule has 1 unspecified atom stereocenters. The summed E-state index contributed by atoms with van der Waals surface area (Å²) in [4.78, 5) is 1.50. The normalized spacial score (nSPS) is 15.8. The molecule has 0 saturated carbocycles. The smallest absolute Gasteiger partial charge is 0.206 e. The maximum Gasteiger partial charge on any atom is 0.206 e. The van der Waals surface area contributed by atoms with Crippen LogP contribution in [0.3, 0.4) is 0 Å². The van der Waals surface area contributed by atoms with E-state index in [0.29, 0.717) is 15.5 Å². The average molecular weight is 369 g/mol. The van der Waals surface area contributed by atoms with Crippen molar-refractivity contribution in [2.24, 2.45) is 0 Å². The molecule has 1 atom stereocenters. The van der Waals surface area contributed by atoms with Gasteiger partial charge in [-0.05, 0) is 49.4 Å². The van der Waals surface area contributed by atoms with Crippen LogP contribution in [0.2, 0.25) is 0 Å². The number of sulfone groups is 1. The third-order valence-corrected chi connectivity index (χ3v) is 7.41. The molecule has 126 valence electrons. The number of fused-ring (bicyclic) bond motifs is 2. The SMILES string of the molecule is Cc1ccc(S(=O)(=O)c2ccc3c(c2)S(=O)c2ccccc2N3)cc1. The minimum Gasteiger partial charge on any atom is -0.354 e. The van der Waals surface area contributed by atoms with Gasteiger partial charge in [0.25, 0.3) is 0 Å². The number of nitrogens with one attached hydrogen (secondary N) is 1. The van der Waals surface area contributed by atoms with Gasteiger partial charge < -0.3 is 5.32 Å². The van der Waals surface area contributed by atoms with Crippen molar-refractivity contribution in [2.75, 3.05) is 5.32 Å². The lowest BCUT2D eigenvalue weighted by molar-refractivity contribution is 0.596. The summed E-state index contributed by atoms with van der Waals surface area (Å²) in [6, 6.07) is 18.8. The molecular formula is C19H15NO3S2. The quantitative estimate of drug-likeness (QED) is 0.579. The third-order valence-electron chi connectivity index (χ3n) is 4.15. The van der Waals surface area contributed by atoms with Crippen LogP contribution in [0, 0.1) is 6.92 Å². The molecule has 0 radical (unpaired) electrons. The number of benzene rings is 3. The van der Waals surface area contributed by atoms with Crippen LogP contribution in [0.15, 0.2) is 86.3 Å². The number of aryl methyl sites for hydroxylation is 1. The number of para-hydroxylation sites is 1. The minimum absolute atomic E-state index is 0.143. The van der Waals surface area contributed by atoms with Crippen LogP contribution in [0.1, 0.15) is 5.56 Å². The van der Waals surface area contributed by atoms with Crippen LogP contribution in [-0.4, -0.2) is 12.6 Å². The molecule has 1 aliphatic heterocycles. The zero-order chi connectivity index (χ0) is 17.6. The molecule has 0 aliphatic carbocycles. The molecule has 0 fully saturated rings. The molecule has 0 saturated heterocycles. The highest BCUT2D eigenvalue weighted by atomic mass is 32.2. The molecule has 1 N–H and O–H groups in total. The van der Waals surface area contributed by atoms with E-state index in [9.17, 15) is 12.6 Å². The maximum atomic E-state index is 12.9. The zero-order valence-corrected chi connectivity index (χ0v) is 15.0. The fourth-order valence-electron chi connectivity index (χ4n) is 2.78. The average Bonchev–Trinajstić information content (AvgIpc) is 2.62. The molecular weight excluding hydrogens is 354 g/mol. The van der Waals surface area contributed by atoms with Gasteiger partial charge in [0.1, 0.15) is 0 Å². The molecule has 0 spiro atoms. The Kier molecular flexibility index (Phi) is 3.74. The van der Waals surface area contributed by atoms with Crippen molar-refractivity contribution < 1.29 is 12.6 Å². The van der Waals surface area contributed by atoms with Gasteiger partial charge in [0.05, 0.1) is 41.8 Å². The molecule has 3 aromatic rings.